The van der Waals surface area contributed by atoms with Crippen LogP contribution in [-0.4, -0.2) is 25.0 Å². The van der Waals surface area contributed by atoms with Gasteiger partial charge in [-0.2, -0.15) is 0 Å². The maximum absolute atomic E-state index is 12.4. The third kappa shape index (κ3) is 3.46. The van der Waals surface area contributed by atoms with Gasteiger partial charge in [0.2, 0.25) is 0 Å². The van der Waals surface area contributed by atoms with Gasteiger partial charge in [-0.1, -0.05) is 52.0 Å². The molecular formula is C19H27NO4. The first-order chi connectivity index (χ1) is 11.3. The van der Waals surface area contributed by atoms with Crippen LogP contribution in [0.4, 0.5) is 0 Å². The summed E-state index contributed by atoms with van der Waals surface area (Å²) in [6, 6.07) is 7.39. The molecule has 0 saturated heterocycles. The van der Waals surface area contributed by atoms with Gasteiger partial charge in [-0.05, 0) is 25.5 Å². The monoisotopic (exact) mass is 333 g/mol. The van der Waals surface area contributed by atoms with Crippen LogP contribution in [0.3, 0.4) is 0 Å². The van der Waals surface area contributed by atoms with Crippen molar-refractivity contribution in [1.29, 1.82) is 0 Å². The number of likely N-dealkylation sites (N-methyl/N-ethyl adjacent to an activating group) is 1. The molecule has 0 amide bonds. The number of esters is 2. The molecule has 0 heterocycles. The number of rotatable bonds is 5. The van der Waals surface area contributed by atoms with E-state index in [4.69, 9.17) is 9.47 Å². The van der Waals surface area contributed by atoms with Gasteiger partial charge in [0.15, 0.2) is 0 Å². The molecule has 1 atom stereocenters. The van der Waals surface area contributed by atoms with Crippen LogP contribution in [0.2, 0.25) is 0 Å². The molecule has 24 heavy (non-hydrogen) atoms. The van der Waals surface area contributed by atoms with Crippen LogP contribution < -0.4 is 5.32 Å². The molecule has 1 aromatic carbocycles. The van der Waals surface area contributed by atoms with Gasteiger partial charge in [-0.25, -0.2) is 0 Å². The molecule has 0 radical (unpaired) electrons. The summed E-state index contributed by atoms with van der Waals surface area (Å²) < 4.78 is 11.7. The highest BCUT2D eigenvalue weighted by atomic mass is 16.7. The minimum absolute atomic E-state index is 0.294. The summed E-state index contributed by atoms with van der Waals surface area (Å²) in [4.78, 5) is 24.8. The van der Waals surface area contributed by atoms with Crippen LogP contribution in [-0.2, 0) is 31.3 Å². The van der Waals surface area contributed by atoms with Crippen molar-refractivity contribution in [3.8, 4) is 0 Å². The van der Waals surface area contributed by atoms with Crippen molar-refractivity contribution in [2.75, 3.05) is 7.05 Å². The van der Waals surface area contributed by atoms with Crippen LogP contribution in [0, 0.1) is 11.8 Å². The third-order valence-electron chi connectivity index (χ3n) is 4.35. The van der Waals surface area contributed by atoms with Crippen molar-refractivity contribution >= 4 is 11.9 Å². The molecule has 1 unspecified atom stereocenters. The number of carbonyl (C=O) groups is 2. The summed E-state index contributed by atoms with van der Waals surface area (Å²) in [6.45, 7) is 7.07. The molecule has 1 aliphatic carbocycles. The first-order valence-corrected chi connectivity index (χ1v) is 8.53. The normalized spacial score (nSPS) is 19.0. The fourth-order valence-electron chi connectivity index (χ4n) is 2.90. The summed E-state index contributed by atoms with van der Waals surface area (Å²) in [5, 5.41) is 3.17. The fourth-order valence-corrected chi connectivity index (χ4v) is 2.90. The Hall–Kier alpha value is -1.88. The van der Waals surface area contributed by atoms with Gasteiger partial charge in [-0.3, -0.25) is 9.59 Å². The molecule has 0 spiro atoms. The van der Waals surface area contributed by atoms with Gasteiger partial charge >= 0.3 is 11.9 Å². The van der Waals surface area contributed by atoms with Crippen molar-refractivity contribution < 1.29 is 19.1 Å². The molecule has 2 rings (SSSR count). The van der Waals surface area contributed by atoms with Crippen molar-refractivity contribution in [2.45, 2.75) is 52.4 Å². The highest BCUT2D eigenvalue weighted by Gasteiger charge is 2.51. The summed E-state index contributed by atoms with van der Waals surface area (Å²) in [5.74, 6) is -2.82. The summed E-state index contributed by atoms with van der Waals surface area (Å²) in [5.41, 5.74) is 1.79. The third-order valence-corrected chi connectivity index (χ3v) is 4.35. The van der Waals surface area contributed by atoms with Crippen molar-refractivity contribution in [2.24, 2.45) is 11.8 Å². The number of hydrogen-bond acceptors (Lipinski definition) is 5. The largest absolute Gasteiger partial charge is 0.416 e. The second-order valence-corrected chi connectivity index (χ2v) is 6.86. The fraction of sp³-hybridized carbons (Fsp3) is 0.579. The average molecular weight is 333 g/mol. The van der Waals surface area contributed by atoms with E-state index in [-0.39, 0.29) is 29.8 Å². The second kappa shape index (κ2) is 7.34. The summed E-state index contributed by atoms with van der Waals surface area (Å²) in [6.07, 6.45) is 1.55. The van der Waals surface area contributed by atoms with E-state index >= 15 is 0 Å². The van der Waals surface area contributed by atoms with Gasteiger partial charge in [0, 0.05) is 5.56 Å². The van der Waals surface area contributed by atoms with Crippen LogP contribution in [0.15, 0.2) is 24.3 Å². The Morgan fingerprint density at radius 3 is 2.12 bits per heavy atom. The maximum atomic E-state index is 12.4. The molecule has 5 nitrogen and oxygen atoms in total. The molecule has 1 aliphatic rings. The molecule has 0 fully saturated rings. The molecule has 0 aliphatic heterocycles. The topological polar surface area (TPSA) is 64.6 Å². The number of carbonyl (C=O) groups excluding carboxylic acids is 2. The van der Waals surface area contributed by atoms with Crippen molar-refractivity contribution in [1.82, 2.24) is 5.32 Å². The minimum Gasteiger partial charge on any atom is -0.416 e. The standard InChI is InChI=1S/C19H27NO4/c1-12(2)17(21)23-19(24-18(22)13(3)4)15-9-7-6-8-14(15)10-11-16(19)20-5/h6-9,12-13,16,20H,10-11H2,1-5H3. The Labute approximate surface area is 143 Å². The first-order valence-electron chi connectivity index (χ1n) is 8.53. The van der Waals surface area contributed by atoms with E-state index < -0.39 is 5.79 Å². The number of benzene rings is 1. The van der Waals surface area contributed by atoms with Crippen LogP contribution >= 0.6 is 0 Å². The molecule has 1 N–H and O–H groups in total. The first kappa shape index (κ1) is 18.5. The Balaban J connectivity index is 2.56. The number of fused-ring (bicyclic) bond motifs is 1. The van der Waals surface area contributed by atoms with E-state index in [1.165, 1.54) is 0 Å². The molecule has 1 aromatic rings. The number of nitrogens with one attached hydrogen (secondary N) is 1. The Bertz CT molecular complexity index is 587. The van der Waals surface area contributed by atoms with Crippen LogP contribution in [0.5, 0.6) is 0 Å². The van der Waals surface area contributed by atoms with E-state index in [0.29, 0.717) is 6.42 Å². The highest BCUT2D eigenvalue weighted by molar-refractivity contribution is 5.75. The van der Waals surface area contributed by atoms with Crippen LogP contribution in [0.1, 0.15) is 45.2 Å². The smallest absolute Gasteiger partial charge is 0.311 e. The van der Waals surface area contributed by atoms with E-state index in [1.807, 2.05) is 24.3 Å². The van der Waals surface area contributed by atoms with Gasteiger partial charge < -0.3 is 14.8 Å². The Morgan fingerprint density at radius 2 is 1.62 bits per heavy atom. The maximum Gasteiger partial charge on any atom is 0.311 e. The molecular weight excluding hydrogens is 306 g/mol. The lowest BCUT2D eigenvalue weighted by Crippen LogP contribution is -2.56. The minimum atomic E-state index is -1.42. The quantitative estimate of drug-likeness (QED) is 0.663. The predicted molar refractivity (Wildman–Crippen MR) is 91.1 cm³/mol. The molecule has 0 saturated carbocycles. The van der Waals surface area contributed by atoms with Gasteiger partial charge in [0.1, 0.15) is 0 Å². The number of hydrogen-bond donors (Lipinski definition) is 1. The summed E-state index contributed by atoms with van der Waals surface area (Å²) >= 11 is 0. The predicted octanol–water partition coefficient (Wildman–Crippen LogP) is 2.77. The zero-order valence-electron chi connectivity index (χ0n) is 15.1. The zero-order chi connectivity index (χ0) is 17.9. The highest BCUT2D eigenvalue weighted by Crippen LogP contribution is 2.41. The van der Waals surface area contributed by atoms with Gasteiger partial charge in [0.25, 0.3) is 5.79 Å². The van der Waals surface area contributed by atoms with Crippen molar-refractivity contribution in [3.63, 3.8) is 0 Å². The lowest BCUT2D eigenvalue weighted by atomic mass is 9.82. The van der Waals surface area contributed by atoms with Crippen LogP contribution in [0.25, 0.3) is 0 Å². The molecule has 132 valence electrons. The Kier molecular flexibility index (Phi) is 5.65. The zero-order valence-corrected chi connectivity index (χ0v) is 15.1. The van der Waals surface area contributed by atoms with E-state index in [0.717, 1.165) is 17.5 Å². The summed E-state index contributed by atoms with van der Waals surface area (Å²) in [7, 11) is 1.79. The molecule has 0 bridgehead atoms. The number of aryl methyl sites for hydroxylation is 1. The van der Waals surface area contributed by atoms with Gasteiger partial charge in [-0.15, -0.1) is 0 Å². The van der Waals surface area contributed by atoms with E-state index in [9.17, 15) is 9.59 Å². The lowest BCUT2D eigenvalue weighted by Gasteiger charge is -2.43. The molecule has 0 aromatic heterocycles. The average Bonchev–Trinajstić information content (AvgIpc) is 2.55. The second-order valence-electron chi connectivity index (χ2n) is 6.86. The number of ether oxygens (including phenoxy) is 2. The van der Waals surface area contributed by atoms with E-state index in [2.05, 4.69) is 5.32 Å². The van der Waals surface area contributed by atoms with Gasteiger partial charge in [0.05, 0.1) is 17.9 Å². The Morgan fingerprint density at radius 1 is 1.08 bits per heavy atom. The van der Waals surface area contributed by atoms with E-state index in [1.54, 1.807) is 34.7 Å². The molecule has 5 heteroatoms. The SMILES string of the molecule is CNC1CCc2ccccc2C1(OC(=O)C(C)C)OC(=O)C(C)C. The van der Waals surface area contributed by atoms with Crippen molar-refractivity contribution in [3.05, 3.63) is 35.4 Å². The lowest BCUT2D eigenvalue weighted by molar-refractivity contribution is -0.252.